The number of ether oxygens (including phenoxy) is 1. The SMILES string of the molecule is O=C1CC(=NCCc2ccccc2)COc2ccccc21. The van der Waals surface area contributed by atoms with E-state index in [2.05, 4.69) is 17.1 Å². The van der Waals surface area contributed by atoms with Gasteiger partial charge in [-0.2, -0.15) is 0 Å². The van der Waals surface area contributed by atoms with Crippen molar-refractivity contribution in [2.45, 2.75) is 12.8 Å². The Balaban J connectivity index is 1.65. The monoisotopic (exact) mass is 279 g/mol. The van der Waals surface area contributed by atoms with E-state index in [4.69, 9.17) is 4.74 Å². The number of rotatable bonds is 3. The Bertz CT molecular complexity index is 662. The predicted octanol–water partition coefficient (Wildman–Crippen LogP) is 3.34. The lowest BCUT2D eigenvalue weighted by atomic mass is 10.1. The normalized spacial score (nSPS) is 16.2. The minimum Gasteiger partial charge on any atom is -0.487 e. The molecule has 0 fully saturated rings. The molecule has 2 aromatic carbocycles. The number of nitrogens with zero attached hydrogens (tertiary/aromatic N) is 1. The van der Waals surface area contributed by atoms with Gasteiger partial charge in [-0.05, 0) is 24.1 Å². The molecule has 0 spiro atoms. The highest BCUT2D eigenvalue weighted by atomic mass is 16.5. The van der Waals surface area contributed by atoms with Crippen LogP contribution in [-0.2, 0) is 6.42 Å². The number of hydrogen-bond acceptors (Lipinski definition) is 3. The Kier molecular flexibility index (Phi) is 4.10. The Morgan fingerprint density at radius 3 is 2.62 bits per heavy atom. The van der Waals surface area contributed by atoms with Gasteiger partial charge >= 0.3 is 0 Å². The summed E-state index contributed by atoms with van der Waals surface area (Å²) in [6, 6.07) is 17.6. The van der Waals surface area contributed by atoms with E-state index in [1.165, 1.54) is 5.56 Å². The molecular formula is C18H17NO2. The number of para-hydroxylation sites is 1. The average Bonchev–Trinajstić information content (AvgIpc) is 2.68. The lowest BCUT2D eigenvalue weighted by Gasteiger charge is -2.05. The van der Waals surface area contributed by atoms with E-state index in [1.807, 2.05) is 42.5 Å². The van der Waals surface area contributed by atoms with Crippen molar-refractivity contribution >= 4 is 11.5 Å². The fourth-order valence-electron chi connectivity index (χ4n) is 2.40. The van der Waals surface area contributed by atoms with Crippen LogP contribution in [-0.4, -0.2) is 24.6 Å². The van der Waals surface area contributed by atoms with Gasteiger partial charge in [0.2, 0.25) is 0 Å². The largest absolute Gasteiger partial charge is 0.487 e. The van der Waals surface area contributed by atoms with Gasteiger partial charge < -0.3 is 4.74 Å². The van der Waals surface area contributed by atoms with Crippen LogP contribution in [0.5, 0.6) is 5.75 Å². The second-order valence-electron chi connectivity index (χ2n) is 5.07. The first-order valence-electron chi connectivity index (χ1n) is 7.14. The molecule has 1 aliphatic heterocycles. The molecule has 0 saturated carbocycles. The summed E-state index contributed by atoms with van der Waals surface area (Å²) in [4.78, 5) is 16.7. The number of carbonyl (C=O) groups is 1. The lowest BCUT2D eigenvalue weighted by Crippen LogP contribution is -2.12. The summed E-state index contributed by atoms with van der Waals surface area (Å²) < 4.78 is 5.68. The molecule has 0 aliphatic carbocycles. The molecule has 106 valence electrons. The van der Waals surface area contributed by atoms with Gasteiger partial charge in [0.25, 0.3) is 0 Å². The number of carbonyl (C=O) groups excluding carboxylic acids is 1. The van der Waals surface area contributed by atoms with E-state index in [0.29, 0.717) is 30.9 Å². The third kappa shape index (κ3) is 3.37. The number of fused-ring (bicyclic) bond motifs is 1. The van der Waals surface area contributed by atoms with Crippen LogP contribution in [0.3, 0.4) is 0 Å². The van der Waals surface area contributed by atoms with E-state index in [-0.39, 0.29) is 5.78 Å². The molecule has 0 aromatic heterocycles. The minimum atomic E-state index is 0.0848. The van der Waals surface area contributed by atoms with Crippen molar-refractivity contribution < 1.29 is 9.53 Å². The maximum Gasteiger partial charge on any atom is 0.172 e. The van der Waals surface area contributed by atoms with Gasteiger partial charge in [-0.25, -0.2) is 0 Å². The van der Waals surface area contributed by atoms with Gasteiger partial charge in [0, 0.05) is 6.54 Å². The summed E-state index contributed by atoms with van der Waals surface area (Å²) in [5.74, 6) is 0.748. The molecule has 0 bridgehead atoms. The van der Waals surface area contributed by atoms with E-state index in [9.17, 15) is 4.79 Å². The van der Waals surface area contributed by atoms with Crippen LogP contribution in [0.1, 0.15) is 22.3 Å². The average molecular weight is 279 g/mol. The zero-order valence-corrected chi connectivity index (χ0v) is 11.8. The Morgan fingerprint density at radius 2 is 1.76 bits per heavy atom. The summed E-state index contributed by atoms with van der Waals surface area (Å²) in [7, 11) is 0. The number of hydrogen-bond donors (Lipinski definition) is 0. The summed E-state index contributed by atoms with van der Waals surface area (Å²) in [6.45, 7) is 1.09. The van der Waals surface area contributed by atoms with Crippen molar-refractivity contribution in [2.75, 3.05) is 13.2 Å². The van der Waals surface area contributed by atoms with Crippen molar-refractivity contribution in [1.29, 1.82) is 0 Å². The van der Waals surface area contributed by atoms with Crippen LogP contribution < -0.4 is 4.74 Å². The Morgan fingerprint density at radius 1 is 1.00 bits per heavy atom. The van der Waals surface area contributed by atoms with Crippen LogP contribution in [0.4, 0.5) is 0 Å². The van der Waals surface area contributed by atoms with Gasteiger partial charge in [0.05, 0.1) is 17.7 Å². The van der Waals surface area contributed by atoms with Crippen molar-refractivity contribution in [1.82, 2.24) is 0 Å². The maximum atomic E-state index is 12.2. The molecule has 0 unspecified atom stereocenters. The summed E-state index contributed by atoms with van der Waals surface area (Å²) in [5.41, 5.74) is 2.74. The first kappa shape index (κ1) is 13.6. The summed E-state index contributed by atoms with van der Waals surface area (Å²) in [5, 5.41) is 0. The third-order valence-corrected chi connectivity index (χ3v) is 3.53. The van der Waals surface area contributed by atoms with E-state index < -0.39 is 0 Å². The highest BCUT2D eigenvalue weighted by Crippen LogP contribution is 2.22. The smallest absolute Gasteiger partial charge is 0.172 e. The molecule has 1 aliphatic rings. The molecule has 3 rings (SSSR count). The van der Waals surface area contributed by atoms with Crippen molar-refractivity contribution in [3.8, 4) is 5.75 Å². The maximum absolute atomic E-state index is 12.2. The van der Waals surface area contributed by atoms with Crippen LogP contribution in [0, 0.1) is 0 Å². The number of aliphatic imine (C=N–C) groups is 1. The molecule has 2 aromatic rings. The lowest BCUT2D eigenvalue weighted by molar-refractivity contribution is 0.100. The topological polar surface area (TPSA) is 38.7 Å². The molecule has 0 atom stereocenters. The molecule has 21 heavy (non-hydrogen) atoms. The zero-order chi connectivity index (χ0) is 14.5. The molecule has 3 nitrogen and oxygen atoms in total. The number of benzene rings is 2. The van der Waals surface area contributed by atoms with Crippen molar-refractivity contribution in [3.05, 3.63) is 65.7 Å². The standard InChI is InChI=1S/C18H17NO2/c20-17-12-15(13-21-18-9-5-4-8-16(17)18)19-11-10-14-6-2-1-3-7-14/h1-9H,10-13H2. The first-order valence-corrected chi connectivity index (χ1v) is 7.14. The fraction of sp³-hybridized carbons (Fsp3) is 0.222. The summed E-state index contributed by atoms with van der Waals surface area (Å²) >= 11 is 0. The zero-order valence-electron chi connectivity index (χ0n) is 11.8. The third-order valence-electron chi connectivity index (χ3n) is 3.53. The minimum absolute atomic E-state index is 0.0848. The van der Waals surface area contributed by atoms with E-state index in [0.717, 1.165) is 12.1 Å². The quantitative estimate of drug-likeness (QED) is 0.864. The van der Waals surface area contributed by atoms with Crippen molar-refractivity contribution in [2.24, 2.45) is 4.99 Å². The molecule has 0 amide bonds. The second kappa shape index (κ2) is 6.35. The summed E-state index contributed by atoms with van der Waals surface area (Å²) in [6.07, 6.45) is 1.23. The second-order valence-corrected chi connectivity index (χ2v) is 5.07. The number of Topliss-reactive ketones (excluding diaryl/α,β-unsaturated/α-hetero) is 1. The van der Waals surface area contributed by atoms with Gasteiger partial charge in [-0.3, -0.25) is 9.79 Å². The van der Waals surface area contributed by atoms with Crippen LogP contribution >= 0.6 is 0 Å². The highest BCUT2D eigenvalue weighted by Gasteiger charge is 2.19. The Labute approximate surface area is 124 Å². The van der Waals surface area contributed by atoms with Crippen LogP contribution in [0.2, 0.25) is 0 Å². The number of ketones is 1. The molecule has 0 N–H and O–H groups in total. The van der Waals surface area contributed by atoms with Gasteiger partial charge in [0.15, 0.2) is 5.78 Å². The van der Waals surface area contributed by atoms with E-state index >= 15 is 0 Å². The molecular weight excluding hydrogens is 262 g/mol. The predicted molar refractivity (Wildman–Crippen MR) is 83.3 cm³/mol. The molecule has 0 radical (unpaired) electrons. The van der Waals surface area contributed by atoms with Gasteiger partial charge in [-0.15, -0.1) is 0 Å². The highest BCUT2D eigenvalue weighted by molar-refractivity contribution is 6.12. The Hall–Kier alpha value is -2.42. The molecule has 3 heteroatoms. The van der Waals surface area contributed by atoms with E-state index in [1.54, 1.807) is 0 Å². The van der Waals surface area contributed by atoms with Crippen LogP contribution in [0.15, 0.2) is 59.6 Å². The van der Waals surface area contributed by atoms with Crippen molar-refractivity contribution in [3.63, 3.8) is 0 Å². The first-order chi connectivity index (χ1) is 10.3. The van der Waals surface area contributed by atoms with Crippen LogP contribution in [0.25, 0.3) is 0 Å². The fourth-order valence-corrected chi connectivity index (χ4v) is 2.40. The molecule has 1 heterocycles. The molecule has 0 saturated heterocycles. The van der Waals surface area contributed by atoms with Gasteiger partial charge in [0.1, 0.15) is 12.4 Å². The van der Waals surface area contributed by atoms with Gasteiger partial charge in [-0.1, -0.05) is 42.5 Å².